The second-order valence-electron chi connectivity index (χ2n) is 5.11. The number of carbonyl (C=O) groups excluding carboxylic acids is 1. The van der Waals surface area contributed by atoms with E-state index in [-0.39, 0.29) is 17.7 Å². The molecular weight excluding hydrogens is 226 g/mol. The zero-order chi connectivity index (χ0) is 13.1. The quantitative estimate of drug-likeness (QED) is 0.879. The Balaban J connectivity index is 2.09. The molecule has 0 spiro atoms. The standard InChI is InChI=1S/C15H21NO2/c1-10-4-5-11(2)12(6-10)7-15(17)13-8-18-9-14(13)16-3/h4-6,13-14,16H,7-9H2,1-3H3. The summed E-state index contributed by atoms with van der Waals surface area (Å²) in [5, 5.41) is 3.16. The van der Waals surface area contributed by atoms with E-state index >= 15 is 0 Å². The Bertz CT molecular complexity index is 442. The Labute approximate surface area is 109 Å². The molecular formula is C15H21NO2. The SMILES string of the molecule is CNC1COCC1C(=O)Cc1cc(C)ccc1C. The van der Waals surface area contributed by atoms with E-state index in [0.29, 0.717) is 19.6 Å². The van der Waals surface area contributed by atoms with Crippen LogP contribution in [-0.2, 0) is 16.0 Å². The highest BCUT2D eigenvalue weighted by molar-refractivity contribution is 5.84. The van der Waals surface area contributed by atoms with Crippen LogP contribution in [0.3, 0.4) is 0 Å². The molecule has 3 heteroatoms. The average Bonchev–Trinajstić information content (AvgIpc) is 2.82. The normalized spacial score (nSPS) is 23.3. The van der Waals surface area contributed by atoms with Gasteiger partial charge >= 0.3 is 0 Å². The van der Waals surface area contributed by atoms with Crippen LogP contribution in [0, 0.1) is 19.8 Å². The maximum atomic E-state index is 12.3. The number of nitrogens with one attached hydrogen (secondary N) is 1. The molecule has 1 aromatic rings. The lowest BCUT2D eigenvalue weighted by molar-refractivity contribution is -0.122. The summed E-state index contributed by atoms with van der Waals surface area (Å²) < 4.78 is 5.39. The molecule has 0 aliphatic carbocycles. The third kappa shape index (κ3) is 2.79. The van der Waals surface area contributed by atoms with E-state index in [1.807, 2.05) is 7.05 Å². The molecule has 3 nitrogen and oxygen atoms in total. The van der Waals surface area contributed by atoms with Gasteiger partial charge in [0.25, 0.3) is 0 Å². The van der Waals surface area contributed by atoms with Crippen molar-refractivity contribution in [2.45, 2.75) is 26.3 Å². The van der Waals surface area contributed by atoms with Crippen LogP contribution >= 0.6 is 0 Å². The van der Waals surface area contributed by atoms with E-state index in [9.17, 15) is 4.79 Å². The number of hydrogen-bond acceptors (Lipinski definition) is 3. The molecule has 1 heterocycles. The summed E-state index contributed by atoms with van der Waals surface area (Å²) in [5.41, 5.74) is 3.53. The summed E-state index contributed by atoms with van der Waals surface area (Å²) in [6.45, 7) is 5.31. The first-order valence-electron chi connectivity index (χ1n) is 6.45. The van der Waals surface area contributed by atoms with Crippen molar-refractivity contribution in [3.05, 3.63) is 34.9 Å². The van der Waals surface area contributed by atoms with Gasteiger partial charge in [-0.05, 0) is 32.0 Å². The minimum atomic E-state index is -0.00471. The van der Waals surface area contributed by atoms with Gasteiger partial charge in [0.15, 0.2) is 0 Å². The van der Waals surface area contributed by atoms with Gasteiger partial charge in [-0.3, -0.25) is 4.79 Å². The van der Waals surface area contributed by atoms with E-state index in [0.717, 1.165) is 5.56 Å². The van der Waals surface area contributed by atoms with Crippen LogP contribution in [0.1, 0.15) is 16.7 Å². The average molecular weight is 247 g/mol. The Kier molecular flexibility index (Phi) is 4.15. The van der Waals surface area contributed by atoms with Crippen LogP contribution in [0.2, 0.25) is 0 Å². The highest BCUT2D eigenvalue weighted by atomic mass is 16.5. The highest BCUT2D eigenvalue weighted by Gasteiger charge is 2.32. The van der Waals surface area contributed by atoms with Gasteiger partial charge in [-0.15, -0.1) is 0 Å². The number of hydrogen-bond donors (Lipinski definition) is 1. The number of rotatable bonds is 4. The van der Waals surface area contributed by atoms with E-state index in [2.05, 4.69) is 37.4 Å². The Morgan fingerprint density at radius 2 is 2.17 bits per heavy atom. The van der Waals surface area contributed by atoms with Crippen molar-refractivity contribution in [1.82, 2.24) is 5.32 Å². The van der Waals surface area contributed by atoms with E-state index in [4.69, 9.17) is 4.74 Å². The summed E-state index contributed by atoms with van der Waals surface area (Å²) in [7, 11) is 1.89. The van der Waals surface area contributed by atoms with Crippen molar-refractivity contribution in [2.75, 3.05) is 20.3 Å². The van der Waals surface area contributed by atoms with Gasteiger partial charge < -0.3 is 10.1 Å². The van der Waals surface area contributed by atoms with E-state index in [1.54, 1.807) is 0 Å². The van der Waals surface area contributed by atoms with Gasteiger partial charge in [-0.2, -0.15) is 0 Å². The molecule has 0 saturated carbocycles. The van der Waals surface area contributed by atoms with Crippen LogP contribution in [0.25, 0.3) is 0 Å². The Morgan fingerprint density at radius 3 is 2.89 bits per heavy atom. The molecule has 1 aliphatic heterocycles. The lowest BCUT2D eigenvalue weighted by Crippen LogP contribution is -2.37. The number of carbonyl (C=O) groups is 1. The third-order valence-corrected chi connectivity index (χ3v) is 3.73. The van der Waals surface area contributed by atoms with Gasteiger partial charge in [-0.1, -0.05) is 23.8 Å². The maximum absolute atomic E-state index is 12.3. The second-order valence-corrected chi connectivity index (χ2v) is 5.11. The zero-order valence-corrected chi connectivity index (χ0v) is 11.3. The van der Waals surface area contributed by atoms with Crippen LogP contribution in [0.15, 0.2) is 18.2 Å². The third-order valence-electron chi connectivity index (χ3n) is 3.73. The molecule has 0 amide bonds. The second kappa shape index (κ2) is 5.63. The topological polar surface area (TPSA) is 38.3 Å². The molecule has 1 fully saturated rings. The molecule has 1 N–H and O–H groups in total. The Morgan fingerprint density at radius 1 is 1.39 bits per heavy atom. The summed E-state index contributed by atoms with van der Waals surface area (Å²) in [4.78, 5) is 12.3. The van der Waals surface area contributed by atoms with Gasteiger partial charge in [0.05, 0.1) is 19.1 Å². The minimum absolute atomic E-state index is 0.00471. The number of likely N-dealkylation sites (N-methyl/N-ethyl adjacent to an activating group) is 1. The van der Waals surface area contributed by atoms with Crippen molar-refractivity contribution < 1.29 is 9.53 Å². The fourth-order valence-electron chi connectivity index (χ4n) is 2.47. The molecule has 2 atom stereocenters. The van der Waals surface area contributed by atoms with Gasteiger partial charge in [0.1, 0.15) is 5.78 Å². The van der Waals surface area contributed by atoms with Crippen LogP contribution in [0.5, 0.6) is 0 Å². The largest absolute Gasteiger partial charge is 0.379 e. The molecule has 18 heavy (non-hydrogen) atoms. The molecule has 1 saturated heterocycles. The predicted octanol–water partition coefficient (Wildman–Crippen LogP) is 1.65. The van der Waals surface area contributed by atoms with E-state index < -0.39 is 0 Å². The first-order chi connectivity index (χ1) is 8.61. The fourth-order valence-corrected chi connectivity index (χ4v) is 2.47. The van der Waals surface area contributed by atoms with Crippen LogP contribution in [0.4, 0.5) is 0 Å². The van der Waals surface area contributed by atoms with Crippen LogP contribution < -0.4 is 5.32 Å². The summed E-state index contributed by atoms with van der Waals surface area (Å²) in [6, 6.07) is 6.44. The highest BCUT2D eigenvalue weighted by Crippen LogP contribution is 2.19. The minimum Gasteiger partial charge on any atom is -0.379 e. The first-order valence-corrected chi connectivity index (χ1v) is 6.45. The summed E-state index contributed by atoms with van der Waals surface area (Å²) >= 11 is 0. The first kappa shape index (κ1) is 13.2. The smallest absolute Gasteiger partial charge is 0.144 e. The molecule has 2 rings (SSSR count). The molecule has 2 unspecified atom stereocenters. The molecule has 0 bridgehead atoms. The molecule has 1 aliphatic rings. The molecule has 0 aromatic heterocycles. The van der Waals surface area contributed by atoms with Crippen molar-refractivity contribution >= 4 is 5.78 Å². The number of ether oxygens (including phenoxy) is 1. The van der Waals surface area contributed by atoms with Gasteiger partial charge in [-0.25, -0.2) is 0 Å². The van der Waals surface area contributed by atoms with Crippen molar-refractivity contribution in [1.29, 1.82) is 0 Å². The van der Waals surface area contributed by atoms with Crippen molar-refractivity contribution in [3.63, 3.8) is 0 Å². The number of Topliss-reactive ketones (excluding diaryl/α,β-unsaturated/α-hetero) is 1. The predicted molar refractivity (Wildman–Crippen MR) is 71.8 cm³/mol. The number of ketones is 1. The lowest BCUT2D eigenvalue weighted by atomic mass is 9.92. The molecule has 1 aromatic carbocycles. The molecule has 0 radical (unpaired) electrons. The van der Waals surface area contributed by atoms with Gasteiger partial charge in [0, 0.05) is 12.5 Å². The Hall–Kier alpha value is -1.19. The summed E-state index contributed by atoms with van der Waals surface area (Å²) in [5.74, 6) is 0.274. The van der Waals surface area contributed by atoms with Crippen molar-refractivity contribution in [2.24, 2.45) is 5.92 Å². The lowest BCUT2D eigenvalue weighted by Gasteiger charge is -2.16. The maximum Gasteiger partial charge on any atom is 0.144 e. The monoisotopic (exact) mass is 247 g/mol. The number of benzene rings is 1. The molecule has 98 valence electrons. The summed E-state index contributed by atoms with van der Waals surface area (Å²) in [6.07, 6.45) is 0.514. The zero-order valence-electron chi connectivity index (χ0n) is 11.3. The van der Waals surface area contributed by atoms with Crippen molar-refractivity contribution in [3.8, 4) is 0 Å². The fraction of sp³-hybridized carbons (Fsp3) is 0.533. The van der Waals surface area contributed by atoms with Crippen LogP contribution in [-0.4, -0.2) is 32.1 Å². The van der Waals surface area contributed by atoms with E-state index in [1.165, 1.54) is 11.1 Å². The number of aryl methyl sites for hydroxylation is 2. The van der Waals surface area contributed by atoms with Gasteiger partial charge in [0.2, 0.25) is 0 Å².